The number of hydrogen-bond donors (Lipinski definition) is 2. The van der Waals surface area contributed by atoms with Gasteiger partial charge < -0.3 is 10.4 Å². The minimum Gasteiger partial charge on any atom is -0.394 e. The summed E-state index contributed by atoms with van der Waals surface area (Å²) in [5, 5.41) is 13.9. The Bertz CT molecular complexity index is 577. The van der Waals surface area contributed by atoms with Gasteiger partial charge in [-0.3, -0.25) is 0 Å². The monoisotopic (exact) mass is 303 g/mol. The lowest BCUT2D eigenvalue weighted by atomic mass is 9.90. The van der Waals surface area contributed by atoms with Gasteiger partial charge in [-0.1, -0.05) is 49.7 Å². The number of rotatable bonds is 5. The first-order valence-corrected chi connectivity index (χ1v) is 7.57. The molecule has 2 N–H and O–H groups in total. The maximum absolute atomic E-state index is 9.84. The number of anilines is 1. The summed E-state index contributed by atoms with van der Waals surface area (Å²) in [5.74, 6) is 0.503. The highest BCUT2D eigenvalue weighted by Crippen LogP contribution is 2.28. The molecule has 0 aromatic heterocycles. The van der Waals surface area contributed by atoms with Crippen LogP contribution in [0.3, 0.4) is 0 Å². The van der Waals surface area contributed by atoms with Crippen LogP contribution in [0.1, 0.15) is 37.8 Å². The molecule has 2 aromatic rings. The minimum atomic E-state index is -0.524. The van der Waals surface area contributed by atoms with Gasteiger partial charge in [-0.15, -0.1) is 0 Å². The van der Waals surface area contributed by atoms with E-state index in [1.165, 1.54) is 5.56 Å². The van der Waals surface area contributed by atoms with Crippen molar-refractivity contribution in [2.75, 3.05) is 11.9 Å². The lowest BCUT2D eigenvalue weighted by Gasteiger charge is -2.31. The molecule has 0 aliphatic carbocycles. The van der Waals surface area contributed by atoms with Crippen LogP contribution in [0.5, 0.6) is 0 Å². The quantitative estimate of drug-likeness (QED) is 0.833. The van der Waals surface area contributed by atoms with Crippen LogP contribution >= 0.6 is 11.6 Å². The Morgan fingerprint density at radius 3 is 2.10 bits per heavy atom. The molecule has 0 aliphatic rings. The van der Waals surface area contributed by atoms with Crippen LogP contribution < -0.4 is 5.32 Å². The Labute approximate surface area is 131 Å². The molecule has 0 bridgehead atoms. The Morgan fingerprint density at radius 1 is 1.05 bits per heavy atom. The summed E-state index contributed by atoms with van der Waals surface area (Å²) in [6.45, 7) is 6.35. The third-order valence-electron chi connectivity index (χ3n) is 3.80. The molecule has 0 saturated heterocycles. The van der Waals surface area contributed by atoms with E-state index in [0.717, 1.165) is 11.3 Å². The van der Waals surface area contributed by atoms with Crippen molar-refractivity contribution in [1.29, 1.82) is 0 Å². The Morgan fingerprint density at radius 2 is 1.62 bits per heavy atom. The Hall–Kier alpha value is -1.51. The van der Waals surface area contributed by atoms with Gasteiger partial charge >= 0.3 is 0 Å². The molecule has 0 amide bonds. The smallest absolute Gasteiger partial charge is 0.0828 e. The highest BCUT2D eigenvalue weighted by molar-refractivity contribution is 6.30. The molecule has 3 heteroatoms. The van der Waals surface area contributed by atoms with E-state index in [1.807, 2.05) is 31.2 Å². The topological polar surface area (TPSA) is 32.3 Å². The van der Waals surface area contributed by atoms with E-state index in [0.29, 0.717) is 10.9 Å². The van der Waals surface area contributed by atoms with Gasteiger partial charge in [-0.25, -0.2) is 0 Å². The fourth-order valence-corrected chi connectivity index (χ4v) is 2.42. The summed E-state index contributed by atoms with van der Waals surface area (Å²) >= 11 is 5.90. The number of benzene rings is 2. The molecule has 2 aromatic carbocycles. The first-order valence-electron chi connectivity index (χ1n) is 7.19. The number of aliphatic hydroxyl groups is 1. The van der Waals surface area contributed by atoms with E-state index in [4.69, 9.17) is 11.6 Å². The average molecular weight is 304 g/mol. The molecule has 0 heterocycles. The van der Waals surface area contributed by atoms with Gasteiger partial charge in [-0.05, 0) is 48.2 Å². The third-order valence-corrected chi connectivity index (χ3v) is 4.05. The highest BCUT2D eigenvalue weighted by Gasteiger charge is 2.25. The van der Waals surface area contributed by atoms with Gasteiger partial charge in [-0.2, -0.15) is 0 Å². The minimum absolute atomic E-state index is 0.0106. The van der Waals surface area contributed by atoms with E-state index in [1.54, 1.807) is 0 Å². The molecule has 2 nitrogen and oxygen atoms in total. The van der Waals surface area contributed by atoms with Crippen LogP contribution in [0.15, 0.2) is 48.5 Å². The third kappa shape index (κ3) is 3.78. The molecule has 0 radical (unpaired) electrons. The number of nitrogens with one attached hydrogen (secondary N) is 1. The second-order valence-corrected chi connectivity index (χ2v) is 6.34. The molecule has 1 atom stereocenters. The van der Waals surface area contributed by atoms with Gasteiger partial charge in [0.2, 0.25) is 0 Å². The van der Waals surface area contributed by atoms with Crippen molar-refractivity contribution in [3.63, 3.8) is 0 Å². The molecular formula is C18H22ClNO. The van der Waals surface area contributed by atoms with Crippen LogP contribution in [-0.4, -0.2) is 11.7 Å². The van der Waals surface area contributed by atoms with Crippen molar-refractivity contribution in [2.24, 2.45) is 0 Å². The molecule has 0 spiro atoms. The predicted octanol–water partition coefficient (Wildman–Crippen LogP) is 4.78. The maximum Gasteiger partial charge on any atom is 0.0828 e. The lowest BCUT2D eigenvalue weighted by Crippen LogP contribution is -2.35. The zero-order chi connectivity index (χ0) is 15.5. The largest absolute Gasteiger partial charge is 0.394 e. The summed E-state index contributed by atoms with van der Waals surface area (Å²) in [5.41, 5.74) is 2.77. The zero-order valence-electron chi connectivity index (χ0n) is 12.7. The summed E-state index contributed by atoms with van der Waals surface area (Å²) in [4.78, 5) is 0. The summed E-state index contributed by atoms with van der Waals surface area (Å²) in [7, 11) is 0. The molecule has 21 heavy (non-hydrogen) atoms. The number of halogens is 1. The van der Waals surface area contributed by atoms with Gasteiger partial charge in [0, 0.05) is 10.7 Å². The first-order chi connectivity index (χ1) is 9.94. The fraction of sp³-hybridized carbons (Fsp3) is 0.333. The van der Waals surface area contributed by atoms with Crippen molar-refractivity contribution in [1.82, 2.24) is 0 Å². The lowest BCUT2D eigenvalue weighted by molar-refractivity contribution is 0.224. The fourth-order valence-electron chi connectivity index (χ4n) is 2.29. The second kappa shape index (κ2) is 6.50. The van der Waals surface area contributed by atoms with Crippen molar-refractivity contribution in [3.8, 4) is 0 Å². The van der Waals surface area contributed by atoms with Crippen molar-refractivity contribution < 1.29 is 5.11 Å². The van der Waals surface area contributed by atoms with Crippen LogP contribution in [0, 0.1) is 0 Å². The Kier molecular flexibility index (Phi) is 4.92. The molecular weight excluding hydrogens is 282 g/mol. The van der Waals surface area contributed by atoms with Gasteiger partial charge in [0.25, 0.3) is 0 Å². The molecule has 0 fully saturated rings. The van der Waals surface area contributed by atoms with Gasteiger partial charge in [0.05, 0.1) is 12.1 Å². The summed E-state index contributed by atoms with van der Waals surface area (Å²) in [6, 6.07) is 15.9. The van der Waals surface area contributed by atoms with Crippen LogP contribution in [0.2, 0.25) is 5.02 Å². The van der Waals surface area contributed by atoms with Gasteiger partial charge in [0.15, 0.2) is 0 Å². The zero-order valence-corrected chi connectivity index (χ0v) is 13.5. The van der Waals surface area contributed by atoms with Crippen molar-refractivity contribution in [3.05, 3.63) is 64.7 Å². The van der Waals surface area contributed by atoms with Crippen LogP contribution in [-0.2, 0) is 5.54 Å². The summed E-state index contributed by atoms with van der Waals surface area (Å²) in [6.07, 6.45) is 0. The Balaban J connectivity index is 2.25. The predicted molar refractivity (Wildman–Crippen MR) is 90.0 cm³/mol. The van der Waals surface area contributed by atoms with E-state index in [-0.39, 0.29) is 6.61 Å². The number of hydrogen-bond acceptors (Lipinski definition) is 2. The van der Waals surface area contributed by atoms with E-state index < -0.39 is 5.54 Å². The molecule has 0 saturated carbocycles. The van der Waals surface area contributed by atoms with Crippen molar-refractivity contribution in [2.45, 2.75) is 32.2 Å². The van der Waals surface area contributed by atoms with E-state index >= 15 is 0 Å². The summed E-state index contributed by atoms with van der Waals surface area (Å²) < 4.78 is 0. The SMILES string of the molecule is CC(C)c1ccc(C(C)(CO)Nc2ccc(Cl)cc2)cc1. The normalized spacial score (nSPS) is 14.0. The molecule has 2 rings (SSSR count). The standard InChI is InChI=1S/C18H22ClNO/c1-13(2)14-4-6-15(7-5-14)18(3,12-21)20-17-10-8-16(19)9-11-17/h4-11,13,20-21H,12H2,1-3H3. The van der Waals surface area contributed by atoms with Crippen molar-refractivity contribution >= 4 is 17.3 Å². The highest BCUT2D eigenvalue weighted by atomic mass is 35.5. The van der Waals surface area contributed by atoms with Gasteiger partial charge in [0.1, 0.15) is 0 Å². The van der Waals surface area contributed by atoms with E-state index in [9.17, 15) is 5.11 Å². The number of aliphatic hydroxyl groups excluding tert-OH is 1. The second-order valence-electron chi connectivity index (χ2n) is 5.90. The van der Waals surface area contributed by atoms with Crippen LogP contribution in [0.25, 0.3) is 0 Å². The van der Waals surface area contributed by atoms with Crippen LogP contribution in [0.4, 0.5) is 5.69 Å². The first kappa shape index (κ1) is 15.9. The van der Waals surface area contributed by atoms with E-state index in [2.05, 4.69) is 43.4 Å². The maximum atomic E-state index is 9.84. The average Bonchev–Trinajstić information content (AvgIpc) is 2.49. The molecule has 1 unspecified atom stereocenters. The molecule has 0 aliphatic heterocycles. The molecule has 112 valence electrons.